The van der Waals surface area contributed by atoms with E-state index in [0.29, 0.717) is 31.5 Å². The second kappa shape index (κ2) is 6.61. The van der Waals surface area contributed by atoms with Crippen LogP contribution in [-0.2, 0) is 4.79 Å². The van der Waals surface area contributed by atoms with E-state index < -0.39 is 0 Å². The zero-order valence-corrected chi connectivity index (χ0v) is 12.8. The van der Waals surface area contributed by atoms with Crippen molar-refractivity contribution in [2.45, 2.75) is 19.8 Å². The molecule has 0 radical (unpaired) electrons. The van der Waals surface area contributed by atoms with Crippen molar-refractivity contribution in [2.75, 3.05) is 27.2 Å². The Morgan fingerprint density at radius 3 is 2.52 bits per heavy atom. The molecule has 0 spiro atoms. The summed E-state index contributed by atoms with van der Waals surface area (Å²) < 4.78 is 5.26. The quantitative estimate of drug-likeness (QED) is 0.920. The Bertz CT molecular complexity index is 534. The molecule has 1 aliphatic rings. The van der Waals surface area contributed by atoms with Crippen molar-refractivity contribution >= 4 is 11.8 Å². The second-order valence-electron chi connectivity index (χ2n) is 5.37. The molecule has 0 bridgehead atoms. The lowest BCUT2D eigenvalue weighted by molar-refractivity contribution is -0.125. The van der Waals surface area contributed by atoms with Gasteiger partial charge in [0.15, 0.2) is 0 Å². The lowest BCUT2D eigenvalue weighted by Crippen LogP contribution is -2.42. The maximum Gasteiger partial charge on any atom is 0.253 e. The van der Waals surface area contributed by atoms with Gasteiger partial charge in [0, 0.05) is 31.6 Å². The number of carbonyl (C=O) groups excluding carboxylic acids is 2. The van der Waals surface area contributed by atoms with Crippen LogP contribution in [0.3, 0.4) is 0 Å². The highest BCUT2D eigenvalue weighted by atomic mass is 16.5. The summed E-state index contributed by atoms with van der Waals surface area (Å²) in [4.78, 5) is 25.9. The predicted molar refractivity (Wildman–Crippen MR) is 80.4 cm³/mol. The van der Waals surface area contributed by atoms with Gasteiger partial charge in [0.1, 0.15) is 5.75 Å². The number of piperidine rings is 1. The minimum atomic E-state index is 0.00339. The van der Waals surface area contributed by atoms with Gasteiger partial charge in [-0.15, -0.1) is 0 Å². The van der Waals surface area contributed by atoms with Gasteiger partial charge in [-0.25, -0.2) is 0 Å². The first kappa shape index (κ1) is 15.4. The number of nitrogens with zero attached hydrogens (tertiary/aromatic N) is 1. The van der Waals surface area contributed by atoms with Crippen molar-refractivity contribution in [3.05, 3.63) is 29.3 Å². The lowest BCUT2D eigenvalue weighted by Gasteiger charge is -2.31. The summed E-state index contributed by atoms with van der Waals surface area (Å²) in [5, 5.41) is 2.67. The van der Waals surface area contributed by atoms with Crippen LogP contribution >= 0.6 is 0 Å². The fourth-order valence-electron chi connectivity index (χ4n) is 2.68. The largest absolute Gasteiger partial charge is 0.496 e. The highest BCUT2D eigenvalue weighted by Crippen LogP contribution is 2.23. The summed E-state index contributed by atoms with van der Waals surface area (Å²) in [7, 11) is 3.25. The molecule has 1 aliphatic heterocycles. The van der Waals surface area contributed by atoms with Crippen LogP contribution in [0.4, 0.5) is 0 Å². The van der Waals surface area contributed by atoms with Crippen LogP contribution in [0, 0.1) is 12.8 Å². The molecule has 1 heterocycles. The molecule has 1 aromatic rings. The van der Waals surface area contributed by atoms with Gasteiger partial charge < -0.3 is 15.0 Å². The van der Waals surface area contributed by atoms with Crippen molar-refractivity contribution in [3.8, 4) is 5.75 Å². The predicted octanol–water partition coefficient (Wildman–Crippen LogP) is 1.60. The van der Waals surface area contributed by atoms with Gasteiger partial charge >= 0.3 is 0 Å². The number of nitrogens with one attached hydrogen (secondary N) is 1. The summed E-state index contributed by atoms with van der Waals surface area (Å²) >= 11 is 0. The molecule has 1 saturated heterocycles. The molecular formula is C16H22N2O3. The van der Waals surface area contributed by atoms with Crippen molar-refractivity contribution in [1.29, 1.82) is 0 Å². The Kier molecular flexibility index (Phi) is 4.83. The number of amides is 2. The Balaban J connectivity index is 2.03. The van der Waals surface area contributed by atoms with Gasteiger partial charge in [-0.1, -0.05) is 6.07 Å². The topological polar surface area (TPSA) is 58.6 Å². The average molecular weight is 290 g/mol. The number of likely N-dealkylation sites (tertiary alicyclic amines) is 1. The number of hydrogen-bond donors (Lipinski definition) is 1. The molecule has 0 aliphatic carbocycles. The standard InChI is InChI=1S/C16H22N2O3/c1-11-4-5-13(10-14(11)21-3)16(20)18-8-6-12(7-9-18)15(19)17-2/h4-5,10,12H,6-9H2,1-3H3,(H,17,19). The van der Waals surface area contributed by atoms with Gasteiger partial charge in [-0.2, -0.15) is 0 Å². The van der Waals surface area contributed by atoms with Gasteiger partial charge in [-0.05, 0) is 37.5 Å². The van der Waals surface area contributed by atoms with E-state index in [1.807, 2.05) is 24.0 Å². The molecule has 0 saturated carbocycles. The summed E-state index contributed by atoms with van der Waals surface area (Å²) in [5.74, 6) is 0.815. The molecule has 1 N–H and O–H groups in total. The third-order valence-corrected chi connectivity index (χ3v) is 4.05. The molecule has 2 amide bonds. The van der Waals surface area contributed by atoms with Crippen LogP contribution in [0.5, 0.6) is 5.75 Å². The normalized spacial score (nSPS) is 15.7. The second-order valence-corrected chi connectivity index (χ2v) is 5.37. The summed E-state index contributed by atoms with van der Waals surface area (Å²) in [6.45, 7) is 3.18. The Hall–Kier alpha value is -2.04. The van der Waals surface area contributed by atoms with Crippen molar-refractivity contribution in [3.63, 3.8) is 0 Å². The maximum absolute atomic E-state index is 12.5. The number of hydrogen-bond acceptors (Lipinski definition) is 3. The van der Waals surface area contributed by atoms with Crippen LogP contribution in [0.15, 0.2) is 18.2 Å². The van der Waals surface area contributed by atoms with Crippen LogP contribution in [-0.4, -0.2) is 44.0 Å². The zero-order valence-electron chi connectivity index (χ0n) is 12.8. The van der Waals surface area contributed by atoms with Crippen LogP contribution < -0.4 is 10.1 Å². The number of methoxy groups -OCH3 is 1. The Labute approximate surface area is 125 Å². The Morgan fingerprint density at radius 1 is 1.29 bits per heavy atom. The van der Waals surface area contributed by atoms with Gasteiger partial charge in [0.05, 0.1) is 7.11 Å². The molecule has 1 fully saturated rings. The molecule has 5 heteroatoms. The molecule has 0 aromatic heterocycles. The van der Waals surface area contributed by atoms with E-state index in [1.54, 1.807) is 20.2 Å². The number of carbonyl (C=O) groups is 2. The van der Waals surface area contributed by atoms with Crippen molar-refractivity contribution in [2.24, 2.45) is 5.92 Å². The fraction of sp³-hybridized carbons (Fsp3) is 0.500. The molecule has 2 rings (SSSR count). The molecule has 21 heavy (non-hydrogen) atoms. The van der Waals surface area contributed by atoms with E-state index in [4.69, 9.17) is 4.74 Å². The van der Waals surface area contributed by atoms with Gasteiger partial charge in [0.25, 0.3) is 5.91 Å². The molecule has 1 aromatic carbocycles. The minimum absolute atomic E-state index is 0.00339. The summed E-state index contributed by atoms with van der Waals surface area (Å²) in [5.41, 5.74) is 1.64. The molecule has 114 valence electrons. The first-order valence-corrected chi connectivity index (χ1v) is 7.22. The first-order valence-electron chi connectivity index (χ1n) is 7.22. The van der Waals surface area contributed by atoms with Crippen LogP contribution in [0.2, 0.25) is 0 Å². The number of benzene rings is 1. The van der Waals surface area contributed by atoms with E-state index in [0.717, 1.165) is 11.3 Å². The maximum atomic E-state index is 12.5. The highest BCUT2D eigenvalue weighted by molar-refractivity contribution is 5.95. The first-order chi connectivity index (χ1) is 10.1. The molecule has 0 atom stereocenters. The van der Waals surface area contributed by atoms with E-state index in [9.17, 15) is 9.59 Å². The number of aryl methyl sites for hydroxylation is 1. The molecule has 0 unspecified atom stereocenters. The van der Waals surface area contributed by atoms with Gasteiger partial charge in [0.2, 0.25) is 5.91 Å². The lowest BCUT2D eigenvalue weighted by atomic mass is 9.95. The SMILES string of the molecule is CNC(=O)C1CCN(C(=O)c2ccc(C)c(OC)c2)CC1. The van der Waals surface area contributed by atoms with Crippen molar-refractivity contribution in [1.82, 2.24) is 10.2 Å². The number of ether oxygens (including phenoxy) is 1. The van der Waals surface area contributed by atoms with Crippen molar-refractivity contribution < 1.29 is 14.3 Å². The van der Waals surface area contributed by atoms with E-state index in [-0.39, 0.29) is 17.7 Å². The van der Waals surface area contributed by atoms with Crippen LogP contribution in [0.1, 0.15) is 28.8 Å². The third kappa shape index (κ3) is 3.35. The average Bonchev–Trinajstić information content (AvgIpc) is 2.54. The summed E-state index contributed by atoms with van der Waals surface area (Å²) in [6, 6.07) is 5.50. The fourth-order valence-corrected chi connectivity index (χ4v) is 2.68. The monoisotopic (exact) mass is 290 g/mol. The zero-order chi connectivity index (χ0) is 15.4. The van der Waals surface area contributed by atoms with Crippen LogP contribution in [0.25, 0.3) is 0 Å². The number of rotatable bonds is 3. The highest BCUT2D eigenvalue weighted by Gasteiger charge is 2.27. The van der Waals surface area contributed by atoms with E-state index in [1.165, 1.54) is 0 Å². The van der Waals surface area contributed by atoms with E-state index in [2.05, 4.69) is 5.32 Å². The third-order valence-electron chi connectivity index (χ3n) is 4.05. The van der Waals surface area contributed by atoms with Gasteiger partial charge in [-0.3, -0.25) is 9.59 Å². The molecule has 5 nitrogen and oxygen atoms in total. The van der Waals surface area contributed by atoms with E-state index >= 15 is 0 Å². The summed E-state index contributed by atoms with van der Waals surface area (Å²) in [6.07, 6.45) is 1.43. The Morgan fingerprint density at radius 2 is 1.95 bits per heavy atom. The minimum Gasteiger partial charge on any atom is -0.496 e. The smallest absolute Gasteiger partial charge is 0.253 e. The molecular weight excluding hydrogens is 268 g/mol.